The number of nitrogens with two attached hydrogens (primary N) is 1. The molecule has 0 aliphatic heterocycles. The standard InChI is InChI=1S/C51H100NO8P/c1-3-5-7-9-11-13-15-17-19-20-21-22-23-24-25-26-27-28-30-32-34-36-38-40-42-44-51(54)60-49(48-59-61(55,56)58-46-45-52)47-57-50(53)43-41-39-37-35-33-31-29-18-16-14-12-10-8-6-4-2/h20-21,49H,3-19,22-48,52H2,1-2H3,(H,55,56)/b21-20-. The van der Waals surface area contributed by atoms with Gasteiger partial charge in [-0.2, -0.15) is 0 Å². The smallest absolute Gasteiger partial charge is 0.462 e. The van der Waals surface area contributed by atoms with Gasteiger partial charge >= 0.3 is 19.8 Å². The monoisotopic (exact) mass is 886 g/mol. The Hall–Kier alpha value is -1.25. The van der Waals surface area contributed by atoms with Crippen molar-refractivity contribution in [3.63, 3.8) is 0 Å². The van der Waals surface area contributed by atoms with Crippen LogP contribution in [0.2, 0.25) is 0 Å². The van der Waals surface area contributed by atoms with E-state index in [0.29, 0.717) is 6.42 Å². The number of hydrogen-bond acceptors (Lipinski definition) is 8. The Morgan fingerprint density at radius 1 is 0.475 bits per heavy atom. The fraction of sp³-hybridized carbons (Fsp3) is 0.922. The average Bonchev–Trinajstić information content (AvgIpc) is 3.25. The van der Waals surface area contributed by atoms with Gasteiger partial charge in [0.05, 0.1) is 13.2 Å². The lowest BCUT2D eigenvalue weighted by atomic mass is 10.0. The Kier molecular flexibility index (Phi) is 47.2. The number of ether oxygens (including phenoxy) is 2. The molecule has 0 aromatic carbocycles. The summed E-state index contributed by atoms with van der Waals surface area (Å²) in [6, 6.07) is 0. The molecule has 0 spiro atoms. The van der Waals surface area contributed by atoms with Gasteiger partial charge in [-0.15, -0.1) is 0 Å². The first-order chi connectivity index (χ1) is 29.8. The lowest BCUT2D eigenvalue weighted by molar-refractivity contribution is -0.161. The van der Waals surface area contributed by atoms with Crippen molar-refractivity contribution in [1.29, 1.82) is 0 Å². The summed E-state index contributed by atoms with van der Waals surface area (Å²) in [7, 11) is -4.38. The molecule has 362 valence electrons. The Morgan fingerprint density at radius 2 is 0.803 bits per heavy atom. The summed E-state index contributed by atoms with van der Waals surface area (Å²) in [6.07, 6.45) is 52.5. The van der Waals surface area contributed by atoms with Crippen molar-refractivity contribution in [3.8, 4) is 0 Å². The van der Waals surface area contributed by atoms with Crippen molar-refractivity contribution in [1.82, 2.24) is 0 Å². The van der Waals surface area contributed by atoms with Gasteiger partial charge in [0.2, 0.25) is 0 Å². The third-order valence-electron chi connectivity index (χ3n) is 11.7. The van der Waals surface area contributed by atoms with Crippen molar-refractivity contribution in [3.05, 3.63) is 12.2 Å². The molecule has 0 radical (unpaired) electrons. The van der Waals surface area contributed by atoms with Crippen LogP contribution in [0.15, 0.2) is 12.2 Å². The zero-order valence-electron chi connectivity index (χ0n) is 40.2. The average molecular weight is 886 g/mol. The molecule has 0 fully saturated rings. The second-order valence-corrected chi connectivity index (χ2v) is 19.2. The third kappa shape index (κ3) is 48.1. The molecular weight excluding hydrogens is 786 g/mol. The third-order valence-corrected chi connectivity index (χ3v) is 12.6. The van der Waals surface area contributed by atoms with Crippen LogP contribution < -0.4 is 5.73 Å². The lowest BCUT2D eigenvalue weighted by Gasteiger charge is -2.19. The Labute approximate surface area is 377 Å². The molecule has 0 aromatic heterocycles. The van der Waals surface area contributed by atoms with Crippen molar-refractivity contribution in [2.45, 2.75) is 277 Å². The van der Waals surface area contributed by atoms with E-state index in [1.54, 1.807) is 0 Å². The Morgan fingerprint density at radius 3 is 1.16 bits per heavy atom. The van der Waals surface area contributed by atoms with Crippen LogP contribution in [0, 0.1) is 0 Å². The van der Waals surface area contributed by atoms with E-state index < -0.39 is 26.5 Å². The van der Waals surface area contributed by atoms with Crippen LogP contribution in [0.3, 0.4) is 0 Å². The summed E-state index contributed by atoms with van der Waals surface area (Å²) < 4.78 is 32.9. The molecule has 3 N–H and O–H groups in total. The zero-order valence-corrected chi connectivity index (χ0v) is 41.1. The van der Waals surface area contributed by atoms with Crippen LogP contribution >= 0.6 is 7.82 Å². The Bertz CT molecular complexity index is 1010. The van der Waals surface area contributed by atoms with Gasteiger partial charge in [0, 0.05) is 19.4 Å². The minimum Gasteiger partial charge on any atom is -0.462 e. The maximum absolute atomic E-state index is 12.7. The van der Waals surface area contributed by atoms with E-state index in [9.17, 15) is 19.0 Å². The van der Waals surface area contributed by atoms with E-state index in [0.717, 1.165) is 32.1 Å². The first-order valence-electron chi connectivity index (χ1n) is 26.2. The molecule has 2 atom stereocenters. The summed E-state index contributed by atoms with van der Waals surface area (Å²) in [5.41, 5.74) is 5.37. The molecule has 0 aliphatic rings. The molecule has 0 saturated heterocycles. The molecule has 2 unspecified atom stereocenters. The fourth-order valence-corrected chi connectivity index (χ4v) is 8.52. The molecule has 0 bridgehead atoms. The van der Waals surface area contributed by atoms with E-state index in [-0.39, 0.29) is 38.6 Å². The number of allylic oxidation sites excluding steroid dienone is 2. The van der Waals surface area contributed by atoms with Crippen molar-refractivity contribution in [2.24, 2.45) is 5.73 Å². The van der Waals surface area contributed by atoms with Crippen LogP contribution in [-0.4, -0.2) is 49.3 Å². The van der Waals surface area contributed by atoms with E-state index in [2.05, 4.69) is 26.0 Å². The zero-order chi connectivity index (χ0) is 44.6. The summed E-state index contributed by atoms with van der Waals surface area (Å²) in [6.45, 7) is 3.79. The highest BCUT2D eigenvalue weighted by Gasteiger charge is 2.26. The maximum Gasteiger partial charge on any atom is 0.472 e. The minimum absolute atomic E-state index is 0.0569. The van der Waals surface area contributed by atoms with Crippen LogP contribution in [-0.2, 0) is 32.7 Å². The molecule has 9 nitrogen and oxygen atoms in total. The number of rotatable bonds is 50. The van der Waals surface area contributed by atoms with Crippen LogP contribution in [0.4, 0.5) is 0 Å². The predicted octanol–water partition coefficient (Wildman–Crippen LogP) is 15.7. The summed E-state index contributed by atoms with van der Waals surface area (Å²) in [4.78, 5) is 35.0. The summed E-state index contributed by atoms with van der Waals surface area (Å²) in [5.74, 6) is -0.811. The van der Waals surface area contributed by atoms with Gasteiger partial charge in [-0.25, -0.2) is 4.57 Å². The second-order valence-electron chi connectivity index (χ2n) is 17.8. The van der Waals surface area contributed by atoms with Crippen molar-refractivity contribution < 1.29 is 37.6 Å². The lowest BCUT2D eigenvalue weighted by Crippen LogP contribution is -2.29. The minimum atomic E-state index is -4.38. The van der Waals surface area contributed by atoms with Crippen LogP contribution in [0.1, 0.15) is 271 Å². The first kappa shape index (κ1) is 59.8. The molecule has 0 aromatic rings. The molecule has 0 amide bonds. The summed E-state index contributed by atoms with van der Waals surface area (Å²) >= 11 is 0. The molecule has 0 rings (SSSR count). The maximum atomic E-state index is 12.7. The van der Waals surface area contributed by atoms with E-state index in [4.69, 9.17) is 24.3 Å². The number of unbranched alkanes of at least 4 members (excludes halogenated alkanes) is 35. The van der Waals surface area contributed by atoms with Crippen molar-refractivity contribution in [2.75, 3.05) is 26.4 Å². The fourth-order valence-electron chi connectivity index (χ4n) is 7.75. The number of esters is 2. The second kappa shape index (κ2) is 48.2. The van der Waals surface area contributed by atoms with Crippen LogP contribution in [0.25, 0.3) is 0 Å². The normalized spacial score (nSPS) is 13.2. The molecule has 0 saturated carbocycles. The number of carbonyl (C=O) groups is 2. The van der Waals surface area contributed by atoms with E-state index in [1.165, 1.54) is 205 Å². The van der Waals surface area contributed by atoms with Gasteiger partial charge in [0.1, 0.15) is 6.61 Å². The topological polar surface area (TPSA) is 134 Å². The predicted molar refractivity (Wildman–Crippen MR) is 257 cm³/mol. The molecule has 10 heteroatoms. The first-order valence-corrected chi connectivity index (χ1v) is 27.7. The van der Waals surface area contributed by atoms with Gasteiger partial charge < -0.3 is 20.1 Å². The molecule has 0 aliphatic carbocycles. The number of hydrogen-bond donors (Lipinski definition) is 2. The number of phosphoric acid groups is 1. The highest BCUT2D eigenvalue weighted by molar-refractivity contribution is 7.47. The van der Waals surface area contributed by atoms with Gasteiger partial charge in [0.15, 0.2) is 6.10 Å². The quantitative estimate of drug-likeness (QED) is 0.0265. The number of carbonyl (C=O) groups excluding carboxylic acids is 2. The largest absolute Gasteiger partial charge is 0.472 e. The SMILES string of the molecule is CCCCCCCCCC/C=C\CCCCCCCCCCCCCCCC(=O)OC(COC(=O)CCCCCCCCCCCCCCCCC)COP(=O)(O)OCCN. The molecule has 61 heavy (non-hydrogen) atoms. The van der Waals surface area contributed by atoms with Crippen LogP contribution in [0.5, 0.6) is 0 Å². The van der Waals surface area contributed by atoms with Gasteiger partial charge in [-0.1, -0.05) is 231 Å². The highest BCUT2D eigenvalue weighted by Crippen LogP contribution is 2.43. The summed E-state index contributed by atoms with van der Waals surface area (Å²) in [5, 5.41) is 0. The van der Waals surface area contributed by atoms with Crippen molar-refractivity contribution >= 4 is 19.8 Å². The van der Waals surface area contributed by atoms with Gasteiger partial charge in [-0.3, -0.25) is 18.6 Å². The molecular formula is C51H100NO8P. The number of phosphoric ester groups is 1. The van der Waals surface area contributed by atoms with Gasteiger partial charge in [0.25, 0.3) is 0 Å². The van der Waals surface area contributed by atoms with E-state index >= 15 is 0 Å². The van der Waals surface area contributed by atoms with Gasteiger partial charge in [-0.05, 0) is 38.5 Å². The molecule has 0 heterocycles. The highest BCUT2D eigenvalue weighted by atomic mass is 31.2. The van der Waals surface area contributed by atoms with E-state index in [1.807, 2.05) is 0 Å². The Balaban J connectivity index is 3.96.